The molecule has 0 aliphatic heterocycles. The van der Waals surface area contributed by atoms with E-state index in [4.69, 9.17) is 5.11 Å². The number of imidazole rings is 1. The lowest BCUT2D eigenvalue weighted by Crippen LogP contribution is -1.97. The highest BCUT2D eigenvalue weighted by Gasteiger charge is 2.12. The molecule has 4 heteroatoms. The summed E-state index contributed by atoms with van der Waals surface area (Å²) in [4.78, 5) is 15.5. The fraction of sp³-hybridized carbons (Fsp3) is 0.0667. The van der Waals surface area contributed by atoms with E-state index in [1.165, 1.54) is 0 Å². The van der Waals surface area contributed by atoms with Crippen LogP contribution >= 0.6 is 0 Å². The zero-order valence-electron chi connectivity index (χ0n) is 10.4. The molecule has 0 bridgehead atoms. The predicted molar refractivity (Wildman–Crippen MR) is 72.3 cm³/mol. The van der Waals surface area contributed by atoms with Gasteiger partial charge < -0.3 is 5.11 Å². The second kappa shape index (κ2) is 4.24. The van der Waals surface area contributed by atoms with Gasteiger partial charge in [-0.2, -0.15) is 0 Å². The van der Waals surface area contributed by atoms with Crippen LogP contribution in [0.3, 0.4) is 0 Å². The summed E-state index contributed by atoms with van der Waals surface area (Å²) in [5.41, 5.74) is 3.81. The number of carboxylic acids is 1. The van der Waals surface area contributed by atoms with E-state index in [-0.39, 0.29) is 5.56 Å². The van der Waals surface area contributed by atoms with E-state index < -0.39 is 5.97 Å². The van der Waals surface area contributed by atoms with Gasteiger partial charge in [-0.15, -0.1) is 0 Å². The van der Waals surface area contributed by atoms with Gasteiger partial charge in [-0.1, -0.05) is 18.2 Å². The van der Waals surface area contributed by atoms with Gasteiger partial charge in [0.1, 0.15) is 5.65 Å². The van der Waals surface area contributed by atoms with E-state index in [2.05, 4.69) is 4.98 Å². The highest BCUT2D eigenvalue weighted by Crippen LogP contribution is 2.25. The first-order valence-electron chi connectivity index (χ1n) is 5.94. The Morgan fingerprint density at radius 2 is 2.05 bits per heavy atom. The number of pyridine rings is 1. The maximum absolute atomic E-state index is 11.0. The van der Waals surface area contributed by atoms with E-state index in [0.717, 1.165) is 22.6 Å². The fourth-order valence-electron chi connectivity index (χ4n) is 2.26. The molecule has 0 spiro atoms. The number of aromatic carboxylic acids is 1. The topological polar surface area (TPSA) is 54.6 Å². The smallest absolute Gasteiger partial charge is 0.335 e. The number of hydrogen-bond acceptors (Lipinski definition) is 2. The van der Waals surface area contributed by atoms with E-state index in [1.807, 2.05) is 41.8 Å². The van der Waals surface area contributed by atoms with E-state index in [9.17, 15) is 4.79 Å². The summed E-state index contributed by atoms with van der Waals surface area (Å²) in [5.74, 6) is -0.923. The molecular formula is C15H12N2O2. The Labute approximate surface area is 110 Å². The van der Waals surface area contributed by atoms with Gasteiger partial charge in [-0.25, -0.2) is 9.78 Å². The number of aryl methyl sites for hydroxylation is 1. The molecule has 0 saturated carbocycles. The molecule has 19 heavy (non-hydrogen) atoms. The number of carbonyl (C=O) groups is 1. The predicted octanol–water partition coefficient (Wildman–Crippen LogP) is 3.01. The van der Waals surface area contributed by atoms with Crippen molar-refractivity contribution in [2.75, 3.05) is 0 Å². The van der Waals surface area contributed by atoms with Crippen LogP contribution in [0.4, 0.5) is 0 Å². The molecule has 0 atom stereocenters. The van der Waals surface area contributed by atoms with Crippen molar-refractivity contribution in [1.29, 1.82) is 0 Å². The van der Waals surface area contributed by atoms with Crippen LogP contribution in [-0.2, 0) is 0 Å². The van der Waals surface area contributed by atoms with Crippen molar-refractivity contribution >= 4 is 11.6 Å². The molecule has 0 fully saturated rings. The third-order valence-corrected chi connectivity index (χ3v) is 3.09. The lowest BCUT2D eigenvalue weighted by molar-refractivity contribution is 0.0697. The zero-order chi connectivity index (χ0) is 13.4. The average Bonchev–Trinajstić information content (AvgIpc) is 2.74. The summed E-state index contributed by atoms with van der Waals surface area (Å²) in [5, 5.41) is 9.07. The molecule has 1 aromatic carbocycles. The van der Waals surface area contributed by atoms with Gasteiger partial charge in [0.15, 0.2) is 0 Å². The van der Waals surface area contributed by atoms with Crippen molar-refractivity contribution in [2.45, 2.75) is 6.92 Å². The molecule has 0 saturated heterocycles. The largest absolute Gasteiger partial charge is 0.478 e. The first-order chi connectivity index (χ1) is 9.16. The molecule has 0 radical (unpaired) electrons. The van der Waals surface area contributed by atoms with Crippen LogP contribution in [0.25, 0.3) is 16.9 Å². The Morgan fingerprint density at radius 3 is 2.84 bits per heavy atom. The molecule has 2 aromatic heterocycles. The SMILES string of the molecule is Cc1nc2ccccn2c1-c1cccc(C(=O)O)c1. The Balaban J connectivity index is 2.27. The number of hydrogen-bond donors (Lipinski definition) is 1. The summed E-state index contributed by atoms with van der Waals surface area (Å²) in [6, 6.07) is 12.7. The summed E-state index contributed by atoms with van der Waals surface area (Å²) in [7, 11) is 0. The maximum Gasteiger partial charge on any atom is 0.335 e. The number of aromatic nitrogens is 2. The van der Waals surface area contributed by atoms with Crippen molar-refractivity contribution < 1.29 is 9.90 Å². The van der Waals surface area contributed by atoms with Crippen LogP contribution in [0.2, 0.25) is 0 Å². The molecule has 1 N–H and O–H groups in total. The number of benzene rings is 1. The van der Waals surface area contributed by atoms with Gasteiger partial charge in [-0.05, 0) is 31.2 Å². The first-order valence-corrected chi connectivity index (χ1v) is 5.94. The maximum atomic E-state index is 11.0. The third kappa shape index (κ3) is 1.87. The quantitative estimate of drug-likeness (QED) is 0.762. The highest BCUT2D eigenvalue weighted by molar-refractivity contribution is 5.89. The second-order valence-corrected chi connectivity index (χ2v) is 4.36. The molecule has 2 heterocycles. The molecule has 4 nitrogen and oxygen atoms in total. The second-order valence-electron chi connectivity index (χ2n) is 4.36. The molecule has 0 aliphatic carbocycles. The zero-order valence-corrected chi connectivity index (χ0v) is 10.4. The van der Waals surface area contributed by atoms with Crippen LogP contribution in [0.15, 0.2) is 48.7 Å². The third-order valence-electron chi connectivity index (χ3n) is 3.09. The average molecular weight is 252 g/mol. The van der Waals surface area contributed by atoms with Gasteiger partial charge >= 0.3 is 5.97 Å². The summed E-state index contributed by atoms with van der Waals surface area (Å²) >= 11 is 0. The van der Waals surface area contributed by atoms with Crippen molar-refractivity contribution in [2.24, 2.45) is 0 Å². The van der Waals surface area contributed by atoms with Crippen molar-refractivity contribution in [3.05, 3.63) is 59.9 Å². The van der Waals surface area contributed by atoms with E-state index >= 15 is 0 Å². The van der Waals surface area contributed by atoms with Gasteiger partial charge in [-0.3, -0.25) is 4.40 Å². The van der Waals surface area contributed by atoms with Gasteiger partial charge in [0.25, 0.3) is 0 Å². The van der Waals surface area contributed by atoms with Gasteiger partial charge in [0.2, 0.25) is 0 Å². The number of rotatable bonds is 2. The molecular weight excluding hydrogens is 240 g/mol. The Kier molecular flexibility index (Phi) is 2.56. The number of fused-ring (bicyclic) bond motifs is 1. The van der Waals surface area contributed by atoms with Gasteiger partial charge in [0, 0.05) is 11.8 Å². The molecule has 94 valence electrons. The molecule has 0 unspecified atom stereocenters. The minimum atomic E-state index is -0.923. The monoisotopic (exact) mass is 252 g/mol. The van der Waals surface area contributed by atoms with Gasteiger partial charge in [0.05, 0.1) is 17.0 Å². The minimum absolute atomic E-state index is 0.280. The normalized spacial score (nSPS) is 10.8. The Hall–Kier alpha value is -2.62. The van der Waals surface area contributed by atoms with Crippen LogP contribution in [0.1, 0.15) is 16.1 Å². The Morgan fingerprint density at radius 1 is 1.21 bits per heavy atom. The van der Waals surface area contributed by atoms with Crippen LogP contribution in [-0.4, -0.2) is 20.5 Å². The summed E-state index contributed by atoms with van der Waals surface area (Å²) in [6.45, 7) is 1.93. The molecule has 0 aliphatic rings. The lowest BCUT2D eigenvalue weighted by atomic mass is 10.1. The molecule has 3 aromatic rings. The standard InChI is InChI=1S/C15H12N2O2/c1-10-14(17-8-3-2-7-13(17)16-10)11-5-4-6-12(9-11)15(18)19/h2-9H,1H3,(H,18,19). The minimum Gasteiger partial charge on any atom is -0.478 e. The number of carboxylic acid groups (broad SMARTS) is 1. The fourth-order valence-corrected chi connectivity index (χ4v) is 2.26. The van der Waals surface area contributed by atoms with Crippen molar-refractivity contribution in [1.82, 2.24) is 9.38 Å². The van der Waals surface area contributed by atoms with Crippen LogP contribution in [0.5, 0.6) is 0 Å². The van der Waals surface area contributed by atoms with E-state index in [1.54, 1.807) is 18.2 Å². The Bertz CT molecular complexity index is 775. The van der Waals surface area contributed by atoms with Crippen molar-refractivity contribution in [3.63, 3.8) is 0 Å². The van der Waals surface area contributed by atoms with Crippen molar-refractivity contribution in [3.8, 4) is 11.3 Å². The van der Waals surface area contributed by atoms with Crippen LogP contribution in [0, 0.1) is 6.92 Å². The first kappa shape index (κ1) is 11.5. The van der Waals surface area contributed by atoms with Crippen LogP contribution < -0.4 is 0 Å². The highest BCUT2D eigenvalue weighted by atomic mass is 16.4. The number of nitrogens with zero attached hydrogens (tertiary/aromatic N) is 2. The summed E-state index contributed by atoms with van der Waals surface area (Å²) in [6.07, 6.45) is 1.93. The van der Waals surface area contributed by atoms with E-state index in [0.29, 0.717) is 0 Å². The molecule has 0 amide bonds. The molecule has 3 rings (SSSR count). The lowest BCUT2D eigenvalue weighted by Gasteiger charge is -2.04. The summed E-state index contributed by atoms with van der Waals surface area (Å²) < 4.78 is 1.97.